The van der Waals surface area contributed by atoms with Gasteiger partial charge in [0.05, 0.1) is 10.8 Å². The summed E-state index contributed by atoms with van der Waals surface area (Å²) < 4.78 is 12.9. The summed E-state index contributed by atoms with van der Waals surface area (Å²) in [5.74, 6) is 1.80. The molecule has 1 saturated carbocycles. The molecule has 28 heavy (non-hydrogen) atoms. The minimum Gasteiger partial charge on any atom is -0.382 e. The molecule has 8 heteroatoms. The number of aromatic nitrogens is 2. The molecule has 1 aromatic heterocycles. The molecule has 148 valence electrons. The van der Waals surface area contributed by atoms with Gasteiger partial charge in [-0.05, 0) is 24.3 Å². The Morgan fingerprint density at radius 2 is 1.93 bits per heavy atom. The van der Waals surface area contributed by atoms with Gasteiger partial charge >= 0.3 is 0 Å². The van der Waals surface area contributed by atoms with E-state index >= 15 is 0 Å². The highest BCUT2D eigenvalue weighted by Gasteiger charge is 2.33. The molecular weight excluding hydrogens is 374 g/mol. The van der Waals surface area contributed by atoms with Crippen molar-refractivity contribution in [3.63, 3.8) is 0 Å². The zero-order chi connectivity index (χ0) is 19.5. The number of rotatable bonds is 6. The largest absolute Gasteiger partial charge is 0.382 e. The van der Waals surface area contributed by atoms with Crippen LogP contribution >= 0.6 is 0 Å². The molecule has 0 spiro atoms. The Morgan fingerprint density at radius 1 is 1.18 bits per heavy atom. The first kappa shape index (κ1) is 18.9. The zero-order valence-corrected chi connectivity index (χ0v) is 16.5. The van der Waals surface area contributed by atoms with Crippen LogP contribution in [0, 0.1) is 5.92 Å². The summed E-state index contributed by atoms with van der Waals surface area (Å²) in [4.78, 5) is 22.3. The Bertz CT molecular complexity index is 870. The summed E-state index contributed by atoms with van der Waals surface area (Å²) >= 11 is 0. The van der Waals surface area contributed by atoms with Crippen molar-refractivity contribution < 1.29 is 9.00 Å². The van der Waals surface area contributed by atoms with E-state index < -0.39 is 17.0 Å². The average molecular weight is 400 g/mol. The normalized spacial score (nSPS) is 20.4. The Morgan fingerprint density at radius 3 is 2.64 bits per heavy atom. The monoisotopic (exact) mass is 399 g/mol. The maximum absolute atomic E-state index is 12.9. The third-order valence-corrected chi connectivity index (χ3v) is 6.80. The third kappa shape index (κ3) is 3.87. The molecule has 0 radical (unpaired) electrons. The fourth-order valence-electron chi connectivity index (χ4n) is 3.95. The van der Waals surface area contributed by atoms with Crippen LogP contribution in [0.3, 0.4) is 0 Å². The summed E-state index contributed by atoms with van der Waals surface area (Å²) in [6.45, 7) is 0.495. The van der Waals surface area contributed by atoms with Gasteiger partial charge in [0.1, 0.15) is 5.69 Å². The summed E-state index contributed by atoms with van der Waals surface area (Å²) in [5.41, 5.74) is 7.71. The molecule has 1 aromatic carbocycles. The molecule has 0 saturated heterocycles. The van der Waals surface area contributed by atoms with Crippen molar-refractivity contribution in [2.45, 2.75) is 50.0 Å². The number of benzene rings is 1. The average Bonchev–Trinajstić information content (AvgIpc) is 3.07. The SMILES string of the molecule is Nc1nc(S(=O)CC2CCCCC2)nc2c1NC(C=O)N2Cc1ccccc1. The lowest BCUT2D eigenvalue weighted by Crippen LogP contribution is -2.36. The van der Waals surface area contributed by atoms with Crippen molar-refractivity contribution in [2.75, 3.05) is 21.7 Å². The quantitative estimate of drug-likeness (QED) is 0.569. The maximum Gasteiger partial charge on any atom is 0.222 e. The molecule has 0 amide bonds. The second-order valence-electron chi connectivity index (χ2n) is 7.45. The summed E-state index contributed by atoms with van der Waals surface area (Å²) in [7, 11) is -1.30. The fourth-order valence-corrected chi connectivity index (χ4v) is 5.25. The molecule has 2 unspecified atom stereocenters. The molecule has 2 aromatic rings. The molecule has 4 rings (SSSR count). The van der Waals surface area contributed by atoms with Gasteiger partial charge in [0.25, 0.3) is 0 Å². The van der Waals surface area contributed by atoms with E-state index in [0.717, 1.165) is 24.7 Å². The third-order valence-electron chi connectivity index (χ3n) is 5.44. The molecule has 7 nitrogen and oxygen atoms in total. The first-order chi connectivity index (χ1) is 13.7. The van der Waals surface area contributed by atoms with Gasteiger partial charge in [-0.1, -0.05) is 49.6 Å². The summed E-state index contributed by atoms with van der Waals surface area (Å²) in [6.07, 6.45) is 6.13. The van der Waals surface area contributed by atoms with Crippen LogP contribution < -0.4 is 16.0 Å². The van der Waals surface area contributed by atoms with Crippen molar-refractivity contribution >= 4 is 34.4 Å². The van der Waals surface area contributed by atoms with Crippen LogP contribution in [-0.4, -0.2) is 32.4 Å². The lowest BCUT2D eigenvalue weighted by Gasteiger charge is -2.22. The van der Waals surface area contributed by atoms with Crippen molar-refractivity contribution in [2.24, 2.45) is 5.92 Å². The van der Waals surface area contributed by atoms with Crippen LogP contribution in [0.15, 0.2) is 35.5 Å². The molecule has 2 atom stereocenters. The van der Waals surface area contributed by atoms with E-state index in [-0.39, 0.29) is 11.0 Å². The Kier molecular flexibility index (Phi) is 5.57. The van der Waals surface area contributed by atoms with Crippen LogP contribution in [-0.2, 0) is 22.1 Å². The molecule has 2 heterocycles. The Balaban J connectivity index is 1.60. The fraction of sp³-hybridized carbons (Fsp3) is 0.450. The number of nitrogens with zero attached hydrogens (tertiary/aromatic N) is 3. The number of fused-ring (bicyclic) bond motifs is 1. The number of nitrogens with one attached hydrogen (secondary N) is 1. The van der Waals surface area contributed by atoms with E-state index in [0.29, 0.717) is 29.7 Å². The molecule has 1 aliphatic carbocycles. The van der Waals surface area contributed by atoms with Crippen molar-refractivity contribution in [1.29, 1.82) is 0 Å². The van der Waals surface area contributed by atoms with Crippen LogP contribution in [0.4, 0.5) is 17.3 Å². The Hall–Kier alpha value is -2.48. The number of hydrogen-bond acceptors (Lipinski definition) is 7. The molecule has 0 bridgehead atoms. The number of hydrogen-bond donors (Lipinski definition) is 2. The van der Waals surface area contributed by atoms with Crippen LogP contribution in [0.2, 0.25) is 0 Å². The topological polar surface area (TPSA) is 101 Å². The number of carbonyl (C=O) groups is 1. The maximum atomic E-state index is 12.9. The molecule has 2 aliphatic rings. The van der Waals surface area contributed by atoms with E-state index in [2.05, 4.69) is 15.3 Å². The molecule has 1 fully saturated rings. The number of anilines is 3. The zero-order valence-electron chi connectivity index (χ0n) is 15.7. The van der Waals surface area contributed by atoms with Crippen molar-refractivity contribution in [1.82, 2.24) is 9.97 Å². The van der Waals surface area contributed by atoms with Crippen LogP contribution in [0.5, 0.6) is 0 Å². The summed E-state index contributed by atoms with van der Waals surface area (Å²) in [5, 5.41) is 3.34. The standard InChI is InChI=1S/C20H25N5O2S/c21-18-17-19(24-20(23-18)28(27)13-15-9-5-2-6-10-15)25(16(12-26)22-17)11-14-7-3-1-4-8-14/h1,3-4,7-8,12,15-16,22H,2,5-6,9-11,13H2,(H2,21,23,24). The molecule has 3 N–H and O–H groups in total. The highest BCUT2D eigenvalue weighted by molar-refractivity contribution is 7.84. The number of carbonyl (C=O) groups excluding carboxylic acids is 1. The lowest BCUT2D eigenvalue weighted by molar-refractivity contribution is -0.108. The van der Waals surface area contributed by atoms with E-state index in [1.54, 1.807) is 0 Å². The van der Waals surface area contributed by atoms with Crippen LogP contribution in [0.25, 0.3) is 0 Å². The van der Waals surface area contributed by atoms with E-state index in [4.69, 9.17) is 5.73 Å². The van der Waals surface area contributed by atoms with E-state index in [1.165, 1.54) is 19.3 Å². The van der Waals surface area contributed by atoms with Crippen molar-refractivity contribution in [3.8, 4) is 0 Å². The van der Waals surface area contributed by atoms with Gasteiger partial charge in [-0.15, -0.1) is 0 Å². The number of nitrogens with two attached hydrogens (primary N) is 1. The first-order valence-electron chi connectivity index (χ1n) is 9.74. The lowest BCUT2D eigenvalue weighted by atomic mass is 9.91. The molecule has 1 aliphatic heterocycles. The van der Waals surface area contributed by atoms with Gasteiger partial charge in [-0.3, -0.25) is 9.00 Å². The second-order valence-corrected chi connectivity index (χ2v) is 8.83. The van der Waals surface area contributed by atoms with Gasteiger partial charge in [0, 0.05) is 12.3 Å². The smallest absolute Gasteiger partial charge is 0.222 e. The van der Waals surface area contributed by atoms with Crippen LogP contribution in [0.1, 0.15) is 37.7 Å². The van der Waals surface area contributed by atoms with E-state index in [9.17, 15) is 9.00 Å². The summed E-state index contributed by atoms with van der Waals surface area (Å²) in [6, 6.07) is 9.84. The predicted octanol–water partition coefficient (Wildman–Crippen LogP) is 2.70. The van der Waals surface area contributed by atoms with Gasteiger partial charge in [0.2, 0.25) is 5.16 Å². The number of nitrogen functional groups attached to an aromatic ring is 1. The minimum absolute atomic E-state index is 0.236. The second kappa shape index (κ2) is 8.26. The van der Waals surface area contributed by atoms with Crippen molar-refractivity contribution in [3.05, 3.63) is 35.9 Å². The van der Waals surface area contributed by atoms with Gasteiger partial charge in [0.15, 0.2) is 24.1 Å². The van der Waals surface area contributed by atoms with Gasteiger partial charge in [-0.25, -0.2) is 9.97 Å². The number of aldehydes is 1. The van der Waals surface area contributed by atoms with Gasteiger partial charge < -0.3 is 16.0 Å². The minimum atomic E-state index is -1.30. The van der Waals surface area contributed by atoms with Gasteiger partial charge in [-0.2, -0.15) is 0 Å². The first-order valence-corrected chi connectivity index (χ1v) is 11.1. The predicted molar refractivity (Wildman–Crippen MR) is 110 cm³/mol. The highest BCUT2D eigenvalue weighted by atomic mass is 32.2. The Labute approximate surface area is 167 Å². The van der Waals surface area contributed by atoms with E-state index in [1.807, 2.05) is 35.2 Å². The molecular formula is C20H25N5O2S. The highest BCUT2D eigenvalue weighted by Crippen LogP contribution is 2.37.